The maximum absolute atomic E-state index is 11.6. The molecule has 4 nitrogen and oxygen atoms in total. The minimum Gasteiger partial charge on any atom is -0.378 e. The molecule has 1 aliphatic carbocycles. The van der Waals surface area contributed by atoms with E-state index in [9.17, 15) is 4.79 Å². The van der Waals surface area contributed by atoms with Crippen LogP contribution in [0.5, 0.6) is 0 Å². The predicted octanol–water partition coefficient (Wildman–Crippen LogP) is 2.26. The van der Waals surface area contributed by atoms with Crippen molar-refractivity contribution in [3.8, 4) is 0 Å². The molecule has 2 N–H and O–H groups in total. The van der Waals surface area contributed by atoms with Gasteiger partial charge >= 0.3 is 0 Å². The number of halogens is 1. The van der Waals surface area contributed by atoms with Crippen molar-refractivity contribution in [1.29, 1.82) is 0 Å². The third kappa shape index (κ3) is 6.91. The molecule has 1 saturated carbocycles. The van der Waals surface area contributed by atoms with E-state index in [1.165, 1.54) is 32.1 Å². The maximum Gasteiger partial charge on any atom is 0.220 e. The number of carbonyl (C=O) groups is 1. The molecule has 1 saturated heterocycles. The van der Waals surface area contributed by atoms with Gasteiger partial charge in [0.15, 0.2) is 0 Å². The number of hydrogen-bond donors (Lipinski definition) is 2. The summed E-state index contributed by atoms with van der Waals surface area (Å²) < 4.78 is 5.77. The molecule has 20 heavy (non-hydrogen) atoms. The third-order valence-electron chi connectivity index (χ3n) is 4.24. The first kappa shape index (κ1) is 17.7. The summed E-state index contributed by atoms with van der Waals surface area (Å²) in [4.78, 5) is 11.6. The van der Waals surface area contributed by atoms with E-state index in [0.29, 0.717) is 18.4 Å². The van der Waals surface area contributed by atoms with Crippen LogP contribution in [0.15, 0.2) is 0 Å². The van der Waals surface area contributed by atoms with Crippen molar-refractivity contribution in [2.75, 3.05) is 26.2 Å². The molecule has 5 heteroatoms. The van der Waals surface area contributed by atoms with Crippen molar-refractivity contribution in [1.82, 2.24) is 10.6 Å². The highest BCUT2D eigenvalue weighted by Gasteiger charge is 2.16. The normalized spacial score (nSPS) is 22.7. The van der Waals surface area contributed by atoms with Crippen LogP contribution in [0.25, 0.3) is 0 Å². The second kappa shape index (κ2) is 10.4. The Labute approximate surface area is 128 Å². The highest BCUT2D eigenvalue weighted by molar-refractivity contribution is 5.85. The summed E-state index contributed by atoms with van der Waals surface area (Å²) in [6, 6.07) is 0. The van der Waals surface area contributed by atoms with E-state index < -0.39 is 0 Å². The highest BCUT2D eigenvalue weighted by Crippen LogP contribution is 2.20. The molecule has 0 aromatic rings. The van der Waals surface area contributed by atoms with Gasteiger partial charge < -0.3 is 15.4 Å². The van der Waals surface area contributed by atoms with E-state index >= 15 is 0 Å². The van der Waals surface area contributed by atoms with Gasteiger partial charge in [-0.05, 0) is 51.1 Å². The Morgan fingerprint density at radius 1 is 1.25 bits per heavy atom. The summed E-state index contributed by atoms with van der Waals surface area (Å²) in [5.41, 5.74) is 0. The third-order valence-corrected chi connectivity index (χ3v) is 4.24. The molecule has 1 heterocycles. The number of ether oxygens (including phenoxy) is 1. The second-order valence-corrected chi connectivity index (χ2v) is 5.88. The number of rotatable bonds is 8. The molecule has 0 bridgehead atoms. The Kier molecular flexibility index (Phi) is 9.23. The smallest absolute Gasteiger partial charge is 0.220 e. The van der Waals surface area contributed by atoms with Crippen molar-refractivity contribution in [3.63, 3.8) is 0 Å². The van der Waals surface area contributed by atoms with Crippen molar-refractivity contribution in [2.24, 2.45) is 5.92 Å². The fraction of sp³-hybridized carbons (Fsp3) is 0.933. The van der Waals surface area contributed by atoms with Crippen LogP contribution in [-0.2, 0) is 9.53 Å². The van der Waals surface area contributed by atoms with Crippen molar-refractivity contribution in [3.05, 3.63) is 0 Å². The molecule has 2 rings (SSSR count). The lowest BCUT2D eigenvalue weighted by Crippen LogP contribution is -2.26. The first-order valence-corrected chi connectivity index (χ1v) is 7.93. The molecule has 0 spiro atoms. The van der Waals surface area contributed by atoms with Crippen LogP contribution in [0.3, 0.4) is 0 Å². The zero-order valence-electron chi connectivity index (χ0n) is 12.4. The van der Waals surface area contributed by atoms with Crippen LogP contribution in [-0.4, -0.2) is 38.3 Å². The molecule has 0 aromatic carbocycles. The molecule has 1 unspecified atom stereocenters. The van der Waals surface area contributed by atoms with E-state index in [1.807, 2.05) is 0 Å². The number of hydrogen-bond acceptors (Lipinski definition) is 3. The summed E-state index contributed by atoms with van der Waals surface area (Å²) in [7, 11) is 0. The second-order valence-electron chi connectivity index (χ2n) is 5.88. The van der Waals surface area contributed by atoms with Crippen molar-refractivity contribution in [2.45, 2.75) is 57.5 Å². The summed E-state index contributed by atoms with van der Waals surface area (Å²) in [6.07, 6.45) is 9.44. The zero-order valence-corrected chi connectivity index (χ0v) is 13.2. The fourth-order valence-corrected chi connectivity index (χ4v) is 2.99. The molecular formula is C15H29ClN2O2. The van der Waals surface area contributed by atoms with Crippen LogP contribution in [0.2, 0.25) is 0 Å². The van der Waals surface area contributed by atoms with Gasteiger partial charge in [0, 0.05) is 19.6 Å². The molecular weight excluding hydrogens is 276 g/mol. The van der Waals surface area contributed by atoms with Gasteiger partial charge in [0.1, 0.15) is 0 Å². The Morgan fingerprint density at radius 3 is 2.75 bits per heavy atom. The molecule has 1 amide bonds. The molecule has 1 atom stereocenters. The van der Waals surface area contributed by atoms with Gasteiger partial charge in [-0.2, -0.15) is 0 Å². The number of carbonyl (C=O) groups excluding carboxylic acids is 1. The summed E-state index contributed by atoms with van der Waals surface area (Å²) in [5, 5.41) is 6.33. The van der Waals surface area contributed by atoms with Crippen LogP contribution in [0.1, 0.15) is 51.4 Å². The Balaban J connectivity index is 0.00000200. The van der Waals surface area contributed by atoms with E-state index in [-0.39, 0.29) is 18.3 Å². The zero-order chi connectivity index (χ0) is 13.3. The lowest BCUT2D eigenvalue weighted by Gasteiger charge is -2.11. The lowest BCUT2D eigenvalue weighted by atomic mass is 10.0. The minimum absolute atomic E-state index is 0. The minimum atomic E-state index is 0. The van der Waals surface area contributed by atoms with Crippen LogP contribution in [0.4, 0.5) is 0 Å². The predicted molar refractivity (Wildman–Crippen MR) is 83.3 cm³/mol. The highest BCUT2D eigenvalue weighted by atomic mass is 35.5. The van der Waals surface area contributed by atoms with Gasteiger partial charge in [0.2, 0.25) is 5.91 Å². The standard InChI is InChI=1S/C15H28N2O2.ClH/c18-15(7-6-13-8-10-16-12-13)17-9-3-11-19-14-4-1-2-5-14;/h13-14,16H,1-12H2,(H,17,18);1H. The largest absolute Gasteiger partial charge is 0.378 e. The monoisotopic (exact) mass is 304 g/mol. The van der Waals surface area contributed by atoms with E-state index in [1.54, 1.807) is 0 Å². The Hall–Kier alpha value is -0.320. The SMILES string of the molecule is Cl.O=C(CCC1CCNC1)NCCCOC1CCCC1. The molecule has 2 aliphatic rings. The van der Waals surface area contributed by atoms with Crippen LogP contribution in [0, 0.1) is 5.92 Å². The Bertz CT molecular complexity index is 265. The summed E-state index contributed by atoms with van der Waals surface area (Å²) in [6.45, 7) is 3.75. The van der Waals surface area contributed by atoms with Crippen molar-refractivity contribution < 1.29 is 9.53 Å². The van der Waals surface area contributed by atoms with Gasteiger partial charge in [-0.25, -0.2) is 0 Å². The lowest BCUT2D eigenvalue weighted by molar-refractivity contribution is -0.121. The van der Waals surface area contributed by atoms with Crippen LogP contribution < -0.4 is 10.6 Å². The van der Waals surface area contributed by atoms with Crippen LogP contribution >= 0.6 is 12.4 Å². The van der Waals surface area contributed by atoms with E-state index in [0.717, 1.165) is 39.1 Å². The molecule has 0 aromatic heterocycles. The van der Waals surface area contributed by atoms with E-state index in [4.69, 9.17) is 4.74 Å². The first-order chi connectivity index (χ1) is 9.34. The van der Waals surface area contributed by atoms with Gasteiger partial charge in [-0.15, -0.1) is 12.4 Å². The fourth-order valence-electron chi connectivity index (χ4n) is 2.99. The van der Waals surface area contributed by atoms with Gasteiger partial charge in [-0.1, -0.05) is 12.8 Å². The first-order valence-electron chi connectivity index (χ1n) is 7.93. The molecule has 2 fully saturated rings. The average Bonchev–Trinajstić information content (AvgIpc) is 3.09. The summed E-state index contributed by atoms with van der Waals surface area (Å²) in [5.74, 6) is 0.907. The molecule has 0 radical (unpaired) electrons. The topological polar surface area (TPSA) is 50.4 Å². The quantitative estimate of drug-likeness (QED) is 0.676. The van der Waals surface area contributed by atoms with Gasteiger partial charge in [0.25, 0.3) is 0 Å². The molecule has 118 valence electrons. The maximum atomic E-state index is 11.6. The summed E-state index contributed by atoms with van der Waals surface area (Å²) >= 11 is 0. The van der Waals surface area contributed by atoms with Crippen molar-refractivity contribution >= 4 is 18.3 Å². The van der Waals surface area contributed by atoms with E-state index in [2.05, 4.69) is 10.6 Å². The number of nitrogens with one attached hydrogen (secondary N) is 2. The van der Waals surface area contributed by atoms with Gasteiger partial charge in [-0.3, -0.25) is 4.79 Å². The Morgan fingerprint density at radius 2 is 2.05 bits per heavy atom. The molecule has 1 aliphatic heterocycles. The van der Waals surface area contributed by atoms with Gasteiger partial charge in [0.05, 0.1) is 6.10 Å². The average molecular weight is 305 g/mol. The number of amides is 1.